The van der Waals surface area contributed by atoms with Crippen LogP contribution in [-0.4, -0.2) is 24.0 Å². The minimum Gasteiger partial charge on any atom is -0.327 e. The van der Waals surface area contributed by atoms with E-state index in [-0.39, 0.29) is 0 Å². The van der Waals surface area contributed by atoms with Gasteiger partial charge in [-0.05, 0) is 30.7 Å². The van der Waals surface area contributed by atoms with Crippen LogP contribution in [0.3, 0.4) is 0 Å². The van der Waals surface area contributed by atoms with Crippen molar-refractivity contribution >= 4 is 22.9 Å². The van der Waals surface area contributed by atoms with Gasteiger partial charge in [0.25, 0.3) is 0 Å². The number of likely N-dealkylation sites (tertiary alicyclic amines) is 1. The van der Waals surface area contributed by atoms with Gasteiger partial charge in [-0.2, -0.15) is 0 Å². The molecule has 1 aliphatic heterocycles. The highest BCUT2D eigenvalue weighted by Gasteiger charge is 2.40. The molecule has 4 heteroatoms. The summed E-state index contributed by atoms with van der Waals surface area (Å²) in [5.41, 5.74) is 6.13. The highest BCUT2D eigenvalue weighted by atomic mass is 35.5. The van der Waals surface area contributed by atoms with E-state index >= 15 is 0 Å². The SMILES string of the molecule is NC1CCC2CN(Cc3cc(Cl)cs3)CC12. The lowest BCUT2D eigenvalue weighted by atomic mass is 9.98. The van der Waals surface area contributed by atoms with Crippen molar-refractivity contribution in [2.24, 2.45) is 17.6 Å². The molecule has 3 atom stereocenters. The Morgan fingerprint density at radius 1 is 1.44 bits per heavy atom. The van der Waals surface area contributed by atoms with Crippen LogP contribution in [0.4, 0.5) is 0 Å². The summed E-state index contributed by atoms with van der Waals surface area (Å²) in [6, 6.07) is 2.53. The molecule has 1 saturated heterocycles. The van der Waals surface area contributed by atoms with Crippen molar-refractivity contribution < 1.29 is 0 Å². The van der Waals surface area contributed by atoms with Crippen LogP contribution in [-0.2, 0) is 6.54 Å². The maximum atomic E-state index is 6.13. The zero-order chi connectivity index (χ0) is 11.1. The minimum atomic E-state index is 0.446. The number of hydrogen-bond acceptors (Lipinski definition) is 3. The van der Waals surface area contributed by atoms with E-state index in [0.29, 0.717) is 6.04 Å². The molecule has 2 heterocycles. The molecule has 88 valence electrons. The van der Waals surface area contributed by atoms with Crippen molar-refractivity contribution in [3.05, 3.63) is 21.3 Å². The third-order valence-corrected chi connectivity index (χ3v) is 5.26. The third-order valence-electron chi connectivity index (χ3n) is 3.99. The molecular weight excluding hydrogens is 240 g/mol. The van der Waals surface area contributed by atoms with Gasteiger partial charge < -0.3 is 5.73 Å². The van der Waals surface area contributed by atoms with Crippen LogP contribution in [0.1, 0.15) is 17.7 Å². The fraction of sp³-hybridized carbons (Fsp3) is 0.667. The van der Waals surface area contributed by atoms with Gasteiger partial charge in [0, 0.05) is 35.9 Å². The summed E-state index contributed by atoms with van der Waals surface area (Å²) < 4.78 is 0. The van der Waals surface area contributed by atoms with E-state index in [1.54, 1.807) is 11.3 Å². The second kappa shape index (κ2) is 4.30. The van der Waals surface area contributed by atoms with Crippen LogP contribution in [0.15, 0.2) is 11.4 Å². The van der Waals surface area contributed by atoms with Crippen LogP contribution in [0.25, 0.3) is 0 Å². The normalized spacial score (nSPS) is 34.5. The van der Waals surface area contributed by atoms with E-state index < -0.39 is 0 Å². The molecule has 1 saturated carbocycles. The van der Waals surface area contributed by atoms with Crippen molar-refractivity contribution in [3.63, 3.8) is 0 Å². The minimum absolute atomic E-state index is 0.446. The fourth-order valence-electron chi connectivity index (χ4n) is 3.19. The number of fused-ring (bicyclic) bond motifs is 1. The maximum Gasteiger partial charge on any atom is 0.0516 e. The zero-order valence-electron chi connectivity index (χ0n) is 9.23. The fourth-order valence-corrected chi connectivity index (χ4v) is 4.30. The molecule has 1 aliphatic carbocycles. The molecule has 3 unspecified atom stereocenters. The van der Waals surface area contributed by atoms with E-state index in [2.05, 4.69) is 11.0 Å². The Morgan fingerprint density at radius 3 is 3.00 bits per heavy atom. The molecule has 1 aromatic rings. The second-order valence-corrected chi connectivity index (χ2v) is 6.52. The van der Waals surface area contributed by atoms with Crippen molar-refractivity contribution in [1.29, 1.82) is 0 Å². The van der Waals surface area contributed by atoms with E-state index in [4.69, 9.17) is 17.3 Å². The number of halogens is 1. The Balaban J connectivity index is 1.62. The first kappa shape index (κ1) is 11.0. The highest BCUT2D eigenvalue weighted by Crippen LogP contribution is 2.38. The summed E-state index contributed by atoms with van der Waals surface area (Å²) in [5, 5.41) is 2.88. The predicted octanol–water partition coefficient (Wildman–Crippen LogP) is 2.57. The van der Waals surface area contributed by atoms with Crippen LogP contribution >= 0.6 is 22.9 Å². The molecule has 16 heavy (non-hydrogen) atoms. The lowest BCUT2D eigenvalue weighted by molar-refractivity contribution is 0.301. The molecule has 0 bridgehead atoms. The van der Waals surface area contributed by atoms with Crippen LogP contribution in [0.5, 0.6) is 0 Å². The molecule has 3 rings (SSSR count). The summed E-state index contributed by atoms with van der Waals surface area (Å²) in [6.45, 7) is 3.46. The smallest absolute Gasteiger partial charge is 0.0516 e. The van der Waals surface area contributed by atoms with Gasteiger partial charge in [-0.25, -0.2) is 0 Å². The van der Waals surface area contributed by atoms with E-state index in [1.807, 2.05) is 5.38 Å². The van der Waals surface area contributed by atoms with Crippen LogP contribution in [0, 0.1) is 11.8 Å². The average Bonchev–Trinajstić information content (AvgIpc) is 2.88. The quantitative estimate of drug-likeness (QED) is 0.881. The predicted molar refractivity (Wildman–Crippen MR) is 68.8 cm³/mol. The number of nitrogens with two attached hydrogens (primary N) is 1. The Morgan fingerprint density at radius 2 is 2.31 bits per heavy atom. The largest absolute Gasteiger partial charge is 0.327 e. The Hall–Kier alpha value is -0.0900. The van der Waals surface area contributed by atoms with Crippen molar-refractivity contribution in [2.75, 3.05) is 13.1 Å². The molecule has 0 aromatic carbocycles. The van der Waals surface area contributed by atoms with E-state index in [1.165, 1.54) is 30.8 Å². The molecule has 2 aliphatic rings. The number of hydrogen-bond donors (Lipinski definition) is 1. The van der Waals surface area contributed by atoms with Crippen molar-refractivity contribution in [2.45, 2.75) is 25.4 Å². The summed E-state index contributed by atoms with van der Waals surface area (Å²) in [4.78, 5) is 3.91. The summed E-state index contributed by atoms with van der Waals surface area (Å²) in [6.07, 6.45) is 2.56. The molecule has 2 fully saturated rings. The van der Waals surface area contributed by atoms with Crippen molar-refractivity contribution in [1.82, 2.24) is 4.90 Å². The summed E-state index contributed by atoms with van der Waals surface area (Å²) >= 11 is 7.70. The standard InChI is InChI=1S/C12H17ClN2S/c13-9-3-10(16-7-9)5-15-4-8-1-2-12(14)11(8)6-15/h3,7-8,11-12H,1-2,4-6,14H2. The molecule has 0 amide bonds. The van der Waals surface area contributed by atoms with E-state index in [0.717, 1.165) is 23.4 Å². The molecular formula is C12H17ClN2S. The van der Waals surface area contributed by atoms with Gasteiger partial charge in [-0.1, -0.05) is 11.6 Å². The number of thiophene rings is 1. The molecule has 0 spiro atoms. The van der Waals surface area contributed by atoms with Crippen molar-refractivity contribution in [3.8, 4) is 0 Å². The Bertz CT molecular complexity index is 379. The molecule has 2 nitrogen and oxygen atoms in total. The van der Waals surface area contributed by atoms with Gasteiger partial charge in [0.1, 0.15) is 0 Å². The van der Waals surface area contributed by atoms with Gasteiger partial charge in [0.15, 0.2) is 0 Å². The number of nitrogens with zero attached hydrogens (tertiary/aromatic N) is 1. The lowest BCUT2D eigenvalue weighted by Gasteiger charge is -2.17. The zero-order valence-corrected chi connectivity index (χ0v) is 10.8. The lowest BCUT2D eigenvalue weighted by Crippen LogP contribution is -2.30. The third kappa shape index (κ3) is 2.02. The number of rotatable bonds is 2. The van der Waals surface area contributed by atoms with Crippen LogP contribution < -0.4 is 5.73 Å². The highest BCUT2D eigenvalue weighted by molar-refractivity contribution is 7.10. The van der Waals surface area contributed by atoms with Crippen LogP contribution in [0.2, 0.25) is 5.02 Å². The molecule has 1 aromatic heterocycles. The Kier molecular flexibility index (Phi) is 2.96. The first-order valence-corrected chi connectivity index (χ1v) is 7.19. The first-order valence-electron chi connectivity index (χ1n) is 5.93. The van der Waals surface area contributed by atoms with Gasteiger partial charge >= 0.3 is 0 Å². The topological polar surface area (TPSA) is 29.3 Å². The summed E-state index contributed by atoms with van der Waals surface area (Å²) in [7, 11) is 0. The van der Waals surface area contributed by atoms with Gasteiger partial charge in [0.05, 0.1) is 5.02 Å². The maximum absolute atomic E-state index is 6.13. The van der Waals surface area contributed by atoms with E-state index in [9.17, 15) is 0 Å². The monoisotopic (exact) mass is 256 g/mol. The first-order chi connectivity index (χ1) is 7.72. The van der Waals surface area contributed by atoms with Gasteiger partial charge in [0.2, 0.25) is 0 Å². The Labute approximate surface area is 105 Å². The van der Waals surface area contributed by atoms with Gasteiger partial charge in [-0.15, -0.1) is 11.3 Å². The summed E-state index contributed by atoms with van der Waals surface area (Å²) in [5.74, 6) is 1.60. The molecule has 0 radical (unpaired) electrons. The average molecular weight is 257 g/mol. The van der Waals surface area contributed by atoms with Gasteiger partial charge in [-0.3, -0.25) is 4.90 Å². The molecule has 2 N–H and O–H groups in total. The second-order valence-electron chi connectivity index (χ2n) is 5.09.